The van der Waals surface area contributed by atoms with E-state index < -0.39 is 0 Å². The molecule has 2 aromatic rings. The average molecular weight is 419 g/mol. The molecule has 2 N–H and O–H groups in total. The number of ether oxygens (including phenoxy) is 1. The molecule has 3 heterocycles. The fourth-order valence-corrected chi connectivity index (χ4v) is 5.58. The number of hydrogen-bond acceptors (Lipinski definition) is 7. The lowest BCUT2D eigenvalue weighted by Crippen LogP contribution is -2.46. The van der Waals surface area contributed by atoms with Gasteiger partial charge in [-0.25, -0.2) is 15.4 Å². The minimum Gasteiger partial charge on any atom is -0.372 e. The van der Waals surface area contributed by atoms with Gasteiger partial charge < -0.3 is 9.64 Å². The van der Waals surface area contributed by atoms with Crippen molar-refractivity contribution >= 4 is 5.82 Å². The Balaban J connectivity index is 1.36. The van der Waals surface area contributed by atoms with Gasteiger partial charge in [0.1, 0.15) is 12.1 Å². The Hall–Kier alpha value is -2.53. The summed E-state index contributed by atoms with van der Waals surface area (Å²) in [6.07, 6.45) is 5.42. The van der Waals surface area contributed by atoms with Crippen LogP contribution in [0.2, 0.25) is 0 Å². The molecule has 4 unspecified atom stereocenters. The van der Waals surface area contributed by atoms with E-state index in [0.29, 0.717) is 17.9 Å². The third-order valence-corrected chi connectivity index (χ3v) is 6.98. The van der Waals surface area contributed by atoms with Crippen LogP contribution in [0, 0.1) is 17.2 Å². The second kappa shape index (κ2) is 8.54. The number of nitrogens with zero attached hydrogens (tertiary/aromatic N) is 4. The largest absolute Gasteiger partial charge is 0.372 e. The van der Waals surface area contributed by atoms with Gasteiger partial charge in [0, 0.05) is 25.2 Å². The Morgan fingerprint density at radius 2 is 1.94 bits per heavy atom. The number of morpholine rings is 1. The molecule has 1 saturated carbocycles. The van der Waals surface area contributed by atoms with Gasteiger partial charge in [-0.3, -0.25) is 5.43 Å². The van der Waals surface area contributed by atoms with Gasteiger partial charge in [0.15, 0.2) is 0 Å². The molecule has 2 saturated heterocycles. The maximum absolute atomic E-state index is 9.27. The summed E-state index contributed by atoms with van der Waals surface area (Å²) < 4.78 is 5.88. The number of rotatable bonds is 3. The summed E-state index contributed by atoms with van der Waals surface area (Å²) in [5.74, 6) is 1.90. The standard InChI is InChI=1S/C24H30N6O/c1-15-12-30(13-16(2)31-15)23-10-22(26-14-27-23)24-20-9-19(6-7-21(20)28-29-24)18-5-3-4-17(8-18)11-25/h3-5,8,10,14-16,19-21,24,28-29H,6-7,9,12-13H2,1-2H3/t15-,16+,19?,20?,21?,24?. The Bertz CT molecular complexity index is 965. The molecule has 162 valence electrons. The molecule has 0 bridgehead atoms. The lowest BCUT2D eigenvalue weighted by molar-refractivity contribution is -0.00547. The summed E-state index contributed by atoms with van der Waals surface area (Å²) in [6, 6.07) is 13.1. The fraction of sp³-hybridized carbons (Fsp3) is 0.542. The van der Waals surface area contributed by atoms with Gasteiger partial charge in [0.05, 0.1) is 35.6 Å². The molecule has 0 spiro atoms. The normalized spacial score (nSPS) is 33.0. The molecule has 0 radical (unpaired) electrons. The predicted octanol–water partition coefficient (Wildman–Crippen LogP) is 3.06. The SMILES string of the molecule is C[C@@H]1CN(c2cc(C3NNC4CCC(c5cccc(C#N)c5)CC43)ncn2)C[C@H](C)O1. The molecule has 3 aliphatic rings. The molecular weight excluding hydrogens is 388 g/mol. The van der Waals surface area contributed by atoms with Crippen LogP contribution in [-0.4, -0.2) is 41.3 Å². The minimum absolute atomic E-state index is 0.157. The molecule has 3 fully saturated rings. The summed E-state index contributed by atoms with van der Waals surface area (Å²) in [7, 11) is 0. The van der Waals surface area contributed by atoms with Crippen LogP contribution in [0.3, 0.4) is 0 Å². The van der Waals surface area contributed by atoms with Crippen LogP contribution in [0.1, 0.15) is 61.9 Å². The number of nitrogens with one attached hydrogen (secondary N) is 2. The van der Waals surface area contributed by atoms with Crippen LogP contribution in [0.5, 0.6) is 0 Å². The second-order valence-corrected chi connectivity index (χ2v) is 9.25. The zero-order valence-electron chi connectivity index (χ0n) is 18.2. The van der Waals surface area contributed by atoms with Gasteiger partial charge in [0.2, 0.25) is 0 Å². The first-order valence-electron chi connectivity index (χ1n) is 11.3. The van der Waals surface area contributed by atoms with Crippen molar-refractivity contribution in [3.05, 3.63) is 53.5 Å². The van der Waals surface area contributed by atoms with Gasteiger partial charge in [-0.05, 0) is 62.6 Å². The van der Waals surface area contributed by atoms with Crippen molar-refractivity contribution in [1.29, 1.82) is 5.26 Å². The van der Waals surface area contributed by atoms with Crippen molar-refractivity contribution in [1.82, 2.24) is 20.8 Å². The van der Waals surface area contributed by atoms with E-state index in [2.05, 4.69) is 63.8 Å². The van der Waals surface area contributed by atoms with E-state index in [1.807, 2.05) is 12.1 Å². The van der Waals surface area contributed by atoms with Crippen molar-refractivity contribution in [2.24, 2.45) is 5.92 Å². The average Bonchev–Trinajstić information content (AvgIpc) is 3.22. The van der Waals surface area contributed by atoms with E-state index in [0.717, 1.165) is 49.4 Å². The summed E-state index contributed by atoms with van der Waals surface area (Å²) >= 11 is 0. The van der Waals surface area contributed by atoms with Crippen molar-refractivity contribution in [3.63, 3.8) is 0 Å². The number of benzene rings is 1. The van der Waals surface area contributed by atoms with Crippen LogP contribution in [0.15, 0.2) is 36.7 Å². The van der Waals surface area contributed by atoms with Crippen molar-refractivity contribution in [3.8, 4) is 6.07 Å². The zero-order chi connectivity index (χ0) is 21.4. The molecule has 1 aliphatic carbocycles. The first-order valence-corrected chi connectivity index (χ1v) is 11.3. The van der Waals surface area contributed by atoms with Gasteiger partial charge in [-0.1, -0.05) is 12.1 Å². The van der Waals surface area contributed by atoms with E-state index in [1.54, 1.807) is 6.33 Å². The summed E-state index contributed by atoms with van der Waals surface area (Å²) in [4.78, 5) is 11.5. The number of hydrazine groups is 1. The van der Waals surface area contributed by atoms with Crippen molar-refractivity contribution in [2.45, 2.75) is 63.3 Å². The van der Waals surface area contributed by atoms with Crippen LogP contribution in [0.25, 0.3) is 0 Å². The summed E-state index contributed by atoms with van der Waals surface area (Å²) in [6.45, 7) is 5.92. The maximum atomic E-state index is 9.27. The highest BCUT2D eigenvalue weighted by Crippen LogP contribution is 2.44. The molecule has 0 amide bonds. The van der Waals surface area contributed by atoms with Crippen LogP contribution >= 0.6 is 0 Å². The molecule has 1 aromatic heterocycles. The van der Waals surface area contributed by atoms with Crippen LogP contribution in [0.4, 0.5) is 5.82 Å². The number of aromatic nitrogens is 2. The second-order valence-electron chi connectivity index (χ2n) is 9.25. The van der Waals surface area contributed by atoms with E-state index in [-0.39, 0.29) is 18.2 Å². The molecule has 31 heavy (non-hydrogen) atoms. The highest BCUT2D eigenvalue weighted by atomic mass is 16.5. The quantitative estimate of drug-likeness (QED) is 0.792. The molecule has 5 rings (SSSR count). The molecular formula is C24H30N6O. The van der Waals surface area contributed by atoms with Gasteiger partial charge in [-0.15, -0.1) is 0 Å². The number of fused-ring (bicyclic) bond motifs is 1. The van der Waals surface area contributed by atoms with E-state index in [1.165, 1.54) is 5.56 Å². The van der Waals surface area contributed by atoms with Crippen LogP contribution < -0.4 is 15.8 Å². The highest BCUT2D eigenvalue weighted by Gasteiger charge is 2.42. The molecule has 2 aliphatic heterocycles. The first-order chi connectivity index (χ1) is 15.1. The van der Waals surface area contributed by atoms with Gasteiger partial charge >= 0.3 is 0 Å². The third kappa shape index (κ3) is 4.16. The molecule has 7 heteroatoms. The predicted molar refractivity (Wildman–Crippen MR) is 118 cm³/mol. The lowest BCUT2D eigenvalue weighted by atomic mass is 9.73. The van der Waals surface area contributed by atoms with E-state index in [9.17, 15) is 5.26 Å². The monoisotopic (exact) mass is 418 g/mol. The summed E-state index contributed by atoms with van der Waals surface area (Å²) in [5, 5.41) is 9.27. The Kier molecular flexibility index (Phi) is 5.61. The number of anilines is 1. The topological polar surface area (TPSA) is 86.1 Å². The first kappa shape index (κ1) is 20.4. The number of hydrogen-bond donors (Lipinski definition) is 2. The molecule has 7 nitrogen and oxygen atoms in total. The molecule has 6 atom stereocenters. The lowest BCUT2D eigenvalue weighted by Gasteiger charge is -2.36. The van der Waals surface area contributed by atoms with E-state index >= 15 is 0 Å². The highest BCUT2D eigenvalue weighted by molar-refractivity contribution is 5.41. The zero-order valence-corrected chi connectivity index (χ0v) is 18.2. The molecule has 1 aromatic carbocycles. The fourth-order valence-electron chi connectivity index (χ4n) is 5.58. The number of nitriles is 1. The van der Waals surface area contributed by atoms with Crippen molar-refractivity contribution in [2.75, 3.05) is 18.0 Å². The van der Waals surface area contributed by atoms with Crippen molar-refractivity contribution < 1.29 is 4.74 Å². The van der Waals surface area contributed by atoms with E-state index in [4.69, 9.17) is 4.74 Å². The Labute approximate surface area is 183 Å². The Morgan fingerprint density at radius 3 is 2.74 bits per heavy atom. The minimum atomic E-state index is 0.157. The Morgan fingerprint density at radius 1 is 1.10 bits per heavy atom. The smallest absolute Gasteiger partial charge is 0.132 e. The van der Waals surface area contributed by atoms with Crippen LogP contribution in [-0.2, 0) is 4.74 Å². The van der Waals surface area contributed by atoms with Gasteiger partial charge in [0.25, 0.3) is 0 Å². The van der Waals surface area contributed by atoms with Gasteiger partial charge in [-0.2, -0.15) is 5.26 Å². The summed E-state index contributed by atoms with van der Waals surface area (Å²) in [5.41, 5.74) is 10.1. The third-order valence-electron chi connectivity index (χ3n) is 6.98. The maximum Gasteiger partial charge on any atom is 0.132 e.